The minimum atomic E-state index is -3.71. The van der Waals surface area contributed by atoms with Gasteiger partial charge in [-0.2, -0.15) is 8.78 Å². The topological polar surface area (TPSA) is 37.3 Å². The zero-order valence-electron chi connectivity index (χ0n) is 9.48. The molecule has 1 fully saturated rings. The maximum absolute atomic E-state index is 13.1. The number of carboxylic acids is 1. The van der Waals surface area contributed by atoms with E-state index in [0.29, 0.717) is 0 Å². The second-order valence-electron chi connectivity index (χ2n) is 5.14. The highest BCUT2D eigenvalue weighted by Gasteiger charge is 2.70. The van der Waals surface area contributed by atoms with E-state index >= 15 is 0 Å². The average molecular weight is 310 g/mol. The van der Waals surface area contributed by atoms with Gasteiger partial charge in [0.25, 0.3) is 0 Å². The molecular formula is C10H13Cl3F2O2. The van der Waals surface area contributed by atoms with Gasteiger partial charge in [0, 0.05) is 0 Å². The summed E-state index contributed by atoms with van der Waals surface area (Å²) in [7, 11) is 0. The van der Waals surface area contributed by atoms with E-state index in [1.807, 2.05) is 0 Å². The van der Waals surface area contributed by atoms with Gasteiger partial charge in [-0.05, 0) is 29.9 Å². The third-order valence-corrected chi connectivity index (χ3v) is 5.35. The summed E-state index contributed by atoms with van der Waals surface area (Å²) in [6, 6.07) is 0. The number of rotatable bonds is 4. The Morgan fingerprint density at radius 2 is 1.82 bits per heavy atom. The van der Waals surface area contributed by atoms with Gasteiger partial charge in [0.1, 0.15) is 4.87 Å². The van der Waals surface area contributed by atoms with Crippen LogP contribution in [0.3, 0.4) is 0 Å². The van der Waals surface area contributed by atoms with Gasteiger partial charge in [-0.1, -0.05) is 13.8 Å². The molecule has 0 saturated heterocycles. The standard InChI is InChI=1S/C10H13Cl3F2O2/c1-8(2)4(5(8)7(16)17)6(11)9(3,12)10(13,14)15/h4-6H,1-3H3,(H,16,17). The van der Waals surface area contributed by atoms with Crippen molar-refractivity contribution >= 4 is 40.8 Å². The highest BCUT2D eigenvalue weighted by molar-refractivity contribution is 6.38. The molecule has 2 nitrogen and oxygen atoms in total. The summed E-state index contributed by atoms with van der Waals surface area (Å²) in [5.74, 6) is -2.47. The molecule has 1 aliphatic rings. The maximum atomic E-state index is 13.1. The van der Waals surface area contributed by atoms with Crippen LogP contribution in [-0.2, 0) is 4.79 Å². The third kappa shape index (κ3) is 2.36. The molecule has 7 heteroatoms. The lowest BCUT2D eigenvalue weighted by molar-refractivity contribution is -0.139. The first kappa shape index (κ1) is 15.3. The van der Waals surface area contributed by atoms with E-state index in [2.05, 4.69) is 0 Å². The molecule has 0 radical (unpaired) electrons. The number of carbonyl (C=O) groups is 1. The van der Waals surface area contributed by atoms with E-state index < -0.39 is 38.9 Å². The monoisotopic (exact) mass is 308 g/mol. The van der Waals surface area contributed by atoms with Crippen molar-refractivity contribution in [3.63, 3.8) is 0 Å². The van der Waals surface area contributed by atoms with E-state index in [-0.39, 0.29) is 0 Å². The summed E-state index contributed by atoms with van der Waals surface area (Å²) < 4.78 is 26.2. The van der Waals surface area contributed by atoms with Gasteiger partial charge in [0.2, 0.25) is 0 Å². The Hall–Kier alpha value is 0.200. The van der Waals surface area contributed by atoms with Crippen molar-refractivity contribution in [2.24, 2.45) is 17.3 Å². The molecule has 0 heterocycles. The van der Waals surface area contributed by atoms with Gasteiger partial charge in [-0.25, -0.2) is 0 Å². The highest BCUT2D eigenvalue weighted by Crippen LogP contribution is 2.64. The lowest BCUT2D eigenvalue weighted by Crippen LogP contribution is -2.45. The van der Waals surface area contributed by atoms with Crippen LogP contribution in [-0.4, -0.2) is 26.7 Å². The summed E-state index contributed by atoms with van der Waals surface area (Å²) >= 11 is 16.5. The molecule has 0 spiro atoms. The second kappa shape index (κ2) is 4.10. The van der Waals surface area contributed by atoms with Crippen LogP contribution < -0.4 is 0 Å². The lowest BCUT2D eigenvalue weighted by Gasteiger charge is -2.32. The van der Waals surface area contributed by atoms with Crippen LogP contribution in [0.5, 0.6) is 0 Å². The quantitative estimate of drug-likeness (QED) is 0.802. The summed E-state index contributed by atoms with van der Waals surface area (Å²) in [5, 5.41) is 4.02. The zero-order chi connectivity index (χ0) is 13.8. The Morgan fingerprint density at radius 3 is 2.06 bits per heavy atom. The molecule has 0 aromatic carbocycles. The Morgan fingerprint density at radius 1 is 1.41 bits per heavy atom. The SMILES string of the molecule is CC1(C)C(C(=O)O)C1C(Cl)C(C)(Cl)C(F)(F)Cl. The van der Waals surface area contributed by atoms with Crippen LogP contribution in [0.1, 0.15) is 20.8 Å². The third-order valence-electron chi connectivity index (χ3n) is 3.56. The summed E-state index contributed by atoms with van der Waals surface area (Å²) in [4.78, 5) is 8.75. The van der Waals surface area contributed by atoms with Gasteiger partial charge in [0.15, 0.2) is 0 Å². The number of halogens is 5. The van der Waals surface area contributed by atoms with Crippen molar-refractivity contribution in [3.05, 3.63) is 0 Å². The molecule has 100 valence electrons. The van der Waals surface area contributed by atoms with Crippen molar-refractivity contribution in [1.82, 2.24) is 0 Å². The van der Waals surface area contributed by atoms with Crippen molar-refractivity contribution in [1.29, 1.82) is 0 Å². The van der Waals surface area contributed by atoms with Crippen LogP contribution in [0.15, 0.2) is 0 Å². The van der Waals surface area contributed by atoms with Crippen molar-refractivity contribution < 1.29 is 18.7 Å². The Bertz CT molecular complexity index is 339. The average Bonchev–Trinajstić information content (AvgIpc) is 2.65. The van der Waals surface area contributed by atoms with Crippen molar-refractivity contribution in [3.8, 4) is 0 Å². The van der Waals surface area contributed by atoms with Crippen LogP contribution in [0.2, 0.25) is 0 Å². The maximum Gasteiger partial charge on any atom is 0.341 e. The Kier molecular flexibility index (Phi) is 3.68. The fourth-order valence-electron chi connectivity index (χ4n) is 2.19. The molecule has 1 saturated carbocycles. The largest absolute Gasteiger partial charge is 0.481 e. The van der Waals surface area contributed by atoms with E-state index in [4.69, 9.17) is 39.9 Å². The molecule has 0 aliphatic heterocycles. The highest BCUT2D eigenvalue weighted by atomic mass is 35.5. The van der Waals surface area contributed by atoms with Gasteiger partial charge < -0.3 is 5.11 Å². The minimum Gasteiger partial charge on any atom is -0.481 e. The van der Waals surface area contributed by atoms with E-state index in [1.54, 1.807) is 13.8 Å². The number of hydrogen-bond donors (Lipinski definition) is 1. The van der Waals surface area contributed by atoms with E-state index in [9.17, 15) is 13.6 Å². The predicted octanol–water partition coefficient (Wildman–Crippen LogP) is 3.78. The first-order valence-electron chi connectivity index (χ1n) is 4.97. The molecule has 17 heavy (non-hydrogen) atoms. The summed E-state index contributed by atoms with van der Waals surface area (Å²) in [6.45, 7) is 4.34. The van der Waals surface area contributed by atoms with Crippen LogP contribution in [0.25, 0.3) is 0 Å². The number of carboxylic acid groups (broad SMARTS) is 1. The molecule has 1 rings (SSSR count). The molecule has 1 aliphatic carbocycles. The smallest absolute Gasteiger partial charge is 0.341 e. The van der Waals surface area contributed by atoms with Crippen molar-refractivity contribution in [2.75, 3.05) is 0 Å². The Labute approximate surface area is 113 Å². The second-order valence-corrected chi connectivity index (χ2v) is 6.87. The van der Waals surface area contributed by atoms with Gasteiger partial charge in [-0.15, -0.1) is 23.2 Å². The Balaban J connectivity index is 2.94. The molecule has 4 atom stereocenters. The fraction of sp³-hybridized carbons (Fsp3) is 0.900. The first-order chi connectivity index (χ1) is 7.35. The lowest BCUT2D eigenvalue weighted by atomic mass is 9.98. The molecule has 4 unspecified atom stereocenters. The van der Waals surface area contributed by atoms with Crippen LogP contribution in [0, 0.1) is 17.3 Å². The fourth-order valence-corrected chi connectivity index (χ4v) is 3.11. The molecule has 0 bridgehead atoms. The number of aliphatic carboxylic acids is 1. The van der Waals surface area contributed by atoms with Crippen molar-refractivity contribution in [2.45, 2.75) is 36.4 Å². The summed E-state index contributed by atoms with van der Waals surface area (Å²) in [5.41, 5.74) is -0.656. The minimum absolute atomic E-state index is 0.631. The number of hydrogen-bond acceptors (Lipinski definition) is 1. The molecule has 0 amide bonds. The van der Waals surface area contributed by atoms with Crippen LogP contribution >= 0.6 is 34.8 Å². The molecule has 0 aromatic heterocycles. The van der Waals surface area contributed by atoms with E-state index in [1.165, 1.54) is 0 Å². The van der Waals surface area contributed by atoms with Gasteiger partial charge in [-0.3, -0.25) is 4.79 Å². The first-order valence-corrected chi connectivity index (χ1v) is 6.17. The molecule has 0 aromatic rings. The predicted molar refractivity (Wildman–Crippen MR) is 63.1 cm³/mol. The molecular weight excluding hydrogens is 296 g/mol. The normalized spacial score (nSPS) is 32.7. The number of alkyl halides is 5. The summed E-state index contributed by atoms with van der Waals surface area (Å²) in [6.07, 6.45) is 0. The van der Waals surface area contributed by atoms with E-state index in [0.717, 1.165) is 6.92 Å². The molecule has 1 N–H and O–H groups in total. The van der Waals surface area contributed by atoms with Gasteiger partial charge in [0.05, 0.1) is 11.3 Å². The zero-order valence-corrected chi connectivity index (χ0v) is 11.7. The van der Waals surface area contributed by atoms with Gasteiger partial charge >= 0.3 is 11.4 Å². The van der Waals surface area contributed by atoms with Crippen LogP contribution in [0.4, 0.5) is 8.78 Å².